The summed E-state index contributed by atoms with van der Waals surface area (Å²) in [7, 11) is 0. The van der Waals surface area contributed by atoms with Crippen LogP contribution in [0.4, 0.5) is 0 Å². The molecule has 3 aromatic rings. The number of hydrogen-bond donors (Lipinski definition) is 1. The molecular weight excluding hydrogens is 330 g/mol. The van der Waals surface area contributed by atoms with E-state index in [0.29, 0.717) is 21.7 Å². The molecule has 0 spiro atoms. The van der Waals surface area contributed by atoms with E-state index in [9.17, 15) is 9.59 Å². The molecule has 1 aromatic carbocycles. The molecule has 0 unspecified atom stereocenters. The normalized spacial score (nSPS) is 11.2. The average Bonchev–Trinajstić information content (AvgIpc) is 2.94. The van der Waals surface area contributed by atoms with Gasteiger partial charge >= 0.3 is 0 Å². The second-order valence-electron chi connectivity index (χ2n) is 5.64. The second-order valence-corrected chi connectivity index (χ2v) is 6.05. The van der Waals surface area contributed by atoms with Gasteiger partial charge < -0.3 is 5.32 Å². The van der Waals surface area contributed by atoms with Crippen molar-refractivity contribution in [2.45, 2.75) is 26.4 Å². The number of fused-ring (bicyclic) bond motifs is 1. The molecule has 0 aliphatic rings. The van der Waals surface area contributed by atoms with E-state index < -0.39 is 0 Å². The minimum atomic E-state index is -0.322. The van der Waals surface area contributed by atoms with Crippen LogP contribution >= 0.6 is 11.6 Å². The Balaban J connectivity index is 2.02. The predicted octanol–water partition coefficient (Wildman–Crippen LogP) is 1.76. The van der Waals surface area contributed by atoms with E-state index in [2.05, 4.69) is 15.4 Å². The molecule has 0 saturated carbocycles. The molecule has 0 aliphatic carbocycles. The molecule has 1 N–H and O–H groups in total. The maximum atomic E-state index is 12.5. The molecule has 2 aromatic heterocycles. The van der Waals surface area contributed by atoms with Crippen molar-refractivity contribution >= 4 is 28.5 Å². The molecule has 0 bridgehead atoms. The number of rotatable bonds is 4. The summed E-state index contributed by atoms with van der Waals surface area (Å²) in [5, 5.41) is 7.78. The van der Waals surface area contributed by atoms with Crippen LogP contribution in [0.25, 0.3) is 16.7 Å². The van der Waals surface area contributed by atoms with E-state index in [4.69, 9.17) is 11.6 Å². The van der Waals surface area contributed by atoms with Crippen LogP contribution in [0, 0.1) is 0 Å². The summed E-state index contributed by atoms with van der Waals surface area (Å²) in [5.74, 6) is -0.244. The Morgan fingerprint density at radius 2 is 2.08 bits per heavy atom. The molecule has 0 atom stereocenters. The molecule has 1 amide bonds. The topological polar surface area (TPSA) is 81.8 Å². The van der Waals surface area contributed by atoms with Gasteiger partial charge in [0.1, 0.15) is 18.3 Å². The number of halogens is 1. The van der Waals surface area contributed by atoms with E-state index in [1.807, 2.05) is 26.0 Å². The molecule has 7 nitrogen and oxygen atoms in total. The fourth-order valence-corrected chi connectivity index (χ4v) is 2.60. The molecule has 24 heavy (non-hydrogen) atoms. The number of hydrogen-bond acceptors (Lipinski definition) is 4. The minimum Gasteiger partial charge on any atom is -0.352 e. The van der Waals surface area contributed by atoms with E-state index in [1.165, 1.54) is 21.8 Å². The van der Waals surface area contributed by atoms with Crippen LogP contribution in [0.1, 0.15) is 13.8 Å². The Hall–Kier alpha value is -2.67. The van der Waals surface area contributed by atoms with Crippen molar-refractivity contribution in [3.63, 3.8) is 0 Å². The zero-order valence-corrected chi connectivity index (χ0v) is 14.0. The summed E-state index contributed by atoms with van der Waals surface area (Å²) in [5.41, 5.74) is 0.710. The third kappa shape index (κ3) is 3.03. The van der Waals surface area contributed by atoms with E-state index in [-0.39, 0.29) is 24.1 Å². The molecule has 0 radical (unpaired) electrons. The summed E-state index contributed by atoms with van der Waals surface area (Å²) < 4.78 is 2.77. The number of nitrogens with zero attached hydrogens (tertiary/aromatic N) is 4. The number of aromatic nitrogens is 4. The molecule has 2 heterocycles. The van der Waals surface area contributed by atoms with Gasteiger partial charge in [-0.1, -0.05) is 23.7 Å². The first kappa shape index (κ1) is 16.2. The fraction of sp³-hybridized carbons (Fsp3) is 0.250. The van der Waals surface area contributed by atoms with Crippen molar-refractivity contribution in [2.75, 3.05) is 0 Å². The predicted molar refractivity (Wildman–Crippen MR) is 91.4 cm³/mol. The van der Waals surface area contributed by atoms with Crippen LogP contribution in [-0.2, 0) is 11.3 Å². The van der Waals surface area contributed by atoms with Crippen molar-refractivity contribution in [1.29, 1.82) is 0 Å². The summed E-state index contributed by atoms with van der Waals surface area (Å²) in [4.78, 5) is 28.7. The van der Waals surface area contributed by atoms with Gasteiger partial charge in [0.2, 0.25) is 5.91 Å². The number of nitrogens with one attached hydrogen (secondary N) is 1. The number of benzene rings is 1. The Morgan fingerprint density at radius 3 is 2.79 bits per heavy atom. The number of carbonyl (C=O) groups excluding carboxylic acids is 1. The maximum absolute atomic E-state index is 12.5. The lowest BCUT2D eigenvalue weighted by atomic mass is 10.3. The second kappa shape index (κ2) is 6.45. The zero-order chi connectivity index (χ0) is 17.3. The lowest BCUT2D eigenvalue weighted by Crippen LogP contribution is -2.36. The van der Waals surface area contributed by atoms with Gasteiger partial charge in [-0.3, -0.25) is 14.2 Å². The summed E-state index contributed by atoms with van der Waals surface area (Å²) in [6, 6.07) is 7.17. The van der Waals surface area contributed by atoms with Gasteiger partial charge in [0.05, 0.1) is 16.9 Å². The van der Waals surface area contributed by atoms with Gasteiger partial charge in [0.25, 0.3) is 5.56 Å². The van der Waals surface area contributed by atoms with Crippen molar-refractivity contribution < 1.29 is 4.79 Å². The van der Waals surface area contributed by atoms with Gasteiger partial charge in [-0.15, -0.1) is 0 Å². The van der Waals surface area contributed by atoms with Gasteiger partial charge in [0, 0.05) is 6.04 Å². The molecular formula is C16H16ClN5O2. The smallest absolute Gasteiger partial charge is 0.264 e. The Kier molecular flexibility index (Phi) is 4.35. The van der Waals surface area contributed by atoms with Crippen LogP contribution in [-0.4, -0.2) is 31.3 Å². The molecule has 0 fully saturated rings. The highest BCUT2D eigenvalue weighted by molar-refractivity contribution is 6.32. The van der Waals surface area contributed by atoms with Crippen molar-refractivity contribution in [2.24, 2.45) is 0 Å². The van der Waals surface area contributed by atoms with Crippen LogP contribution in [0.15, 0.2) is 41.6 Å². The minimum absolute atomic E-state index is 0.00728. The largest absolute Gasteiger partial charge is 0.352 e. The maximum Gasteiger partial charge on any atom is 0.264 e. The van der Waals surface area contributed by atoms with E-state index >= 15 is 0 Å². The van der Waals surface area contributed by atoms with Crippen LogP contribution in [0.5, 0.6) is 0 Å². The highest BCUT2D eigenvalue weighted by atomic mass is 35.5. The summed E-state index contributed by atoms with van der Waals surface area (Å²) >= 11 is 6.18. The summed E-state index contributed by atoms with van der Waals surface area (Å²) in [6.45, 7) is 3.63. The molecule has 0 saturated heterocycles. The zero-order valence-electron chi connectivity index (χ0n) is 13.2. The number of carbonyl (C=O) groups is 1. The van der Waals surface area contributed by atoms with Gasteiger partial charge in [0.15, 0.2) is 5.65 Å². The number of amides is 1. The van der Waals surface area contributed by atoms with Gasteiger partial charge in [-0.05, 0) is 26.0 Å². The van der Waals surface area contributed by atoms with Gasteiger partial charge in [-0.25, -0.2) is 9.67 Å². The van der Waals surface area contributed by atoms with Gasteiger partial charge in [-0.2, -0.15) is 5.10 Å². The third-order valence-electron chi connectivity index (χ3n) is 3.40. The monoisotopic (exact) mass is 345 g/mol. The van der Waals surface area contributed by atoms with Crippen molar-refractivity contribution in [1.82, 2.24) is 24.6 Å². The number of para-hydroxylation sites is 1. The SMILES string of the molecule is CC(C)NC(=O)Cn1cnc2c(cnn2-c2ccccc2Cl)c1=O. The fourth-order valence-electron chi connectivity index (χ4n) is 2.38. The van der Waals surface area contributed by atoms with Crippen LogP contribution in [0.3, 0.4) is 0 Å². The quantitative estimate of drug-likeness (QED) is 0.781. The van der Waals surface area contributed by atoms with Crippen molar-refractivity contribution in [3.05, 3.63) is 52.2 Å². The molecule has 3 rings (SSSR count). The first-order chi connectivity index (χ1) is 11.5. The van der Waals surface area contributed by atoms with Crippen LogP contribution < -0.4 is 10.9 Å². The first-order valence-electron chi connectivity index (χ1n) is 7.45. The van der Waals surface area contributed by atoms with Crippen LogP contribution in [0.2, 0.25) is 5.02 Å². The molecule has 8 heteroatoms. The lowest BCUT2D eigenvalue weighted by Gasteiger charge is -2.10. The molecule has 124 valence electrons. The summed E-state index contributed by atoms with van der Waals surface area (Å²) in [6.07, 6.45) is 2.78. The van der Waals surface area contributed by atoms with E-state index in [1.54, 1.807) is 12.1 Å². The third-order valence-corrected chi connectivity index (χ3v) is 3.72. The Morgan fingerprint density at radius 1 is 1.33 bits per heavy atom. The van der Waals surface area contributed by atoms with E-state index in [0.717, 1.165) is 0 Å². The standard InChI is InChI=1S/C16H16ClN5O2/c1-10(2)20-14(23)8-21-9-18-15-11(16(21)24)7-19-22(15)13-6-4-3-5-12(13)17/h3-7,9-10H,8H2,1-2H3,(H,20,23). The molecule has 0 aliphatic heterocycles. The first-order valence-corrected chi connectivity index (χ1v) is 7.82. The Bertz CT molecular complexity index is 961. The lowest BCUT2D eigenvalue weighted by molar-refractivity contribution is -0.122. The Labute approximate surface area is 142 Å². The average molecular weight is 346 g/mol. The highest BCUT2D eigenvalue weighted by Crippen LogP contribution is 2.21. The van der Waals surface area contributed by atoms with Crippen molar-refractivity contribution in [3.8, 4) is 5.69 Å². The highest BCUT2D eigenvalue weighted by Gasteiger charge is 2.14.